The van der Waals surface area contributed by atoms with Crippen molar-refractivity contribution >= 4 is 0 Å². The highest BCUT2D eigenvalue weighted by Crippen LogP contribution is 2.48. The van der Waals surface area contributed by atoms with Crippen molar-refractivity contribution < 1.29 is 19.1 Å². The number of ether oxygens (including phenoxy) is 2. The Labute approximate surface area is 164 Å². The number of hydrogen-bond acceptors (Lipinski definition) is 5. The summed E-state index contributed by atoms with van der Waals surface area (Å²) in [7, 11) is 1.64. The molecule has 1 aliphatic rings. The van der Waals surface area contributed by atoms with Crippen molar-refractivity contribution in [3.63, 3.8) is 0 Å². The Morgan fingerprint density at radius 1 is 1.11 bits per heavy atom. The second-order valence-corrected chi connectivity index (χ2v) is 7.95. The quantitative estimate of drug-likeness (QED) is 0.656. The number of aromatic nitrogens is 1. The molecule has 3 aromatic rings. The van der Waals surface area contributed by atoms with Gasteiger partial charge in [-0.15, -0.1) is 0 Å². The molecule has 5 nitrogen and oxygen atoms in total. The van der Waals surface area contributed by atoms with E-state index in [9.17, 15) is 5.11 Å². The van der Waals surface area contributed by atoms with Crippen molar-refractivity contribution in [2.24, 2.45) is 0 Å². The summed E-state index contributed by atoms with van der Waals surface area (Å²) in [6, 6.07) is 9.50. The summed E-state index contributed by atoms with van der Waals surface area (Å²) in [6.45, 7) is 8.07. The highest BCUT2D eigenvalue weighted by atomic mass is 16.5. The van der Waals surface area contributed by atoms with Crippen LogP contribution in [0.5, 0.6) is 17.2 Å². The molecule has 0 atom stereocenters. The van der Waals surface area contributed by atoms with Crippen LogP contribution in [0.2, 0.25) is 0 Å². The number of benzene rings is 2. The number of rotatable bonds is 3. The van der Waals surface area contributed by atoms with Crippen LogP contribution in [-0.4, -0.2) is 23.0 Å². The summed E-state index contributed by atoms with van der Waals surface area (Å²) in [5.74, 6) is 2.42. The summed E-state index contributed by atoms with van der Waals surface area (Å²) >= 11 is 0. The van der Waals surface area contributed by atoms with Gasteiger partial charge < -0.3 is 19.1 Å². The molecule has 0 amide bonds. The molecule has 0 unspecified atom stereocenters. The molecule has 0 radical (unpaired) electrons. The third kappa shape index (κ3) is 3.01. The predicted octanol–water partition coefficient (Wildman–Crippen LogP) is 5.44. The molecule has 28 heavy (non-hydrogen) atoms. The molecule has 0 spiro atoms. The van der Waals surface area contributed by atoms with Crippen LogP contribution in [0.25, 0.3) is 22.6 Å². The molecule has 1 aliphatic heterocycles. The maximum Gasteiger partial charge on any atom is 0.171 e. The van der Waals surface area contributed by atoms with Crippen LogP contribution in [-0.2, 0) is 6.42 Å². The molecule has 4 rings (SSSR count). The van der Waals surface area contributed by atoms with Gasteiger partial charge in [0, 0.05) is 17.2 Å². The van der Waals surface area contributed by atoms with E-state index in [2.05, 4.69) is 19.0 Å². The fourth-order valence-corrected chi connectivity index (χ4v) is 3.70. The molecule has 0 bridgehead atoms. The van der Waals surface area contributed by atoms with Crippen molar-refractivity contribution in [2.45, 2.75) is 46.1 Å². The zero-order valence-electron chi connectivity index (χ0n) is 16.9. The van der Waals surface area contributed by atoms with Crippen LogP contribution in [0.1, 0.15) is 37.0 Å². The van der Waals surface area contributed by atoms with Crippen molar-refractivity contribution in [3.05, 3.63) is 47.0 Å². The van der Waals surface area contributed by atoms with E-state index in [4.69, 9.17) is 14.0 Å². The minimum absolute atomic E-state index is 0.228. The number of aromatic hydroxyl groups is 1. The fourth-order valence-electron chi connectivity index (χ4n) is 3.70. The van der Waals surface area contributed by atoms with Gasteiger partial charge >= 0.3 is 0 Å². The zero-order valence-corrected chi connectivity index (χ0v) is 16.9. The van der Waals surface area contributed by atoms with E-state index in [1.165, 1.54) is 0 Å². The average Bonchev–Trinajstić information content (AvgIpc) is 3.16. The maximum absolute atomic E-state index is 10.9. The largest absolute Gasteiger partial charge is 0.507 e. The molecular formula is C23H25NO4. The SMILES string of the molecule is COc1ccc(-c2cc(-c3c(O)c(C)c(C)c4c3CCC(C)(C)O4)on2)cc1. The fraction of sp³-hybridized carbons (Fsp3) is 0.348. The number of hydrogen-bond donors (Lipinski definition) is 1. The molecule has 0 saturated heterocycles. The normalized spacial score (nSPS) is 15.0. The Morgan fingerprint density at radius 3 is 2.50 bits per heavy atom. The van der Waals surface area contributed by atoms with E-state index in [1.807, 2.05) is 44.2 Å². The topological polar surface area (TPSA) is 64.7 Å². The Morgan fingerprint density at radius 2 is 1.82 bits per heavy atom. The second kappa shape index (κ2) is 6.59. The van der Waals surface area contributed by atoms with E-state index in [0.29, 0.717) is 17.0 Å². The number of fused-ring (bicyclic) bond motifs is 1. The molecule has 1 N–H and O–H groups in total. The highest BCUT2D eigenvalue weighted by Gasteiger charge is 2.33. The van der Waals surface area contributed by atoms with Gasteiger partial charge in [-0.2, -0.15) is 0 Å². The Bertz CT molecular complexity index is 1030. The Hall–Kier alpha value is -2.95. The summed E-state index contributed by atoms with van der Waals surface area (Å²) in [6.07, 6.45) is 1.68. The van der Waals surface area contributed by atoms with E-state index < -0.39 is 0 Å². The molecule has 2 heterocycles. The van der Waals surface area contributed by atoms with E-state index >= 15 is 0 Å². The van der Waals surface area contributed by atoms with Crippen molar-refractivity contribution in [1.29, 1.82) is 0 Å². The molecule has 1 aromatic heterocycles. The van der Waals surface area contributed by atoms with E-state index in [0.717, 1.165) is 46.6 Å². The number of phenols is 1. The first kappa shape index (κ1) is 18.4. The predicted molar refractivity (Wildman–Crippen MR) is 108 cm³/mol. The molecule has 146 valence electrons. The molecule has 5 heteroatoms. The monoisotopic (exact) mass is 379 g/mol. The molecule has 2 aromatic carbocycles. The molecule has 0 fully saturated rings. The van der Waals surface area contributed by atoms with Gasteiger partial charge in [-0.3, -0.25) is 0 Å². The first-order chi connectivity index (χ1) is 13.3. The number of phenolic OH excluding ortho intramolecular Hbond substituents is 1. The van der Waals surface area contributed by atoms with Crippen LogP contribution in [0.3, 0.4) is 0 Å². The van der Waals surface area contributed by atoms with Crippen molar-refractivity contribution in [2.75, 3.05) is 7.11 Å². The average molecular weight is 379 g/mol. The lowest BCUT2D eigenvalue weighted by atomic mass is 9.86. The number of methoxy groups -OCH3 is 1. The summed E-state index contributed by atoms with van der Waals surface area (Å²) in [4.78, 5) is 0. The highest BCUT2D eigenvalue weighted by molar-refractivity contribution is 5.79. The van der Waals surface area contributed by atoms with Gasteiger partial charge in [0.2, 0.25) is 0 Å². The van der Waals surface area contributed by atoms with Crippen molar-refractivity contribution in [1.82, 2.24) is 5.16 Å². The minimum Gasteiger partial charge on any atom is -0.507 e. The third-order valence-electron chi connectivity index (χ3n) is 5.57. The van der Waals surface area contributed by atoms with Crippen molar-refractivity contribution in [3.8, 4) is 39.8 Å². The lowest BCUT2D eigenvalue weighted by Crippen LogP contribution is -2.33. The van der Waals surface area contributed by atoms with E-state index in [1.54, 1.807) is 7.11 Å². The second-order valence-electron chi connectivity index (χ2n) is 7.95. The van der Waals surface area contributed by atoms with Gasteiger partial charge in [0.25, 0.3) is 0 Å². The van der Waals surface area contributed by atoms with Gasteiger partial charge in [0.05, 0.1) is 12.7 Å². The summed E-state index contributed by atoms with van der Waals surface area (Å²) in [5.41, 5.74) is 4.84. The third-order valence-corrected chi connectivity index (χ3v) is 5.57. The van der Waals surface area contributed by atoms with Crippen LogP contribution in [0.4, 0.5) is 0 Å². The van der Waals surface area contributed by atoms with Crippen LogP contribution >= 0.6 is 0 Å². The van der Waals surface area contributed by atoms with Gasteiger partial charge in [-0.05, 0) is 75.9 Å². The smallest absolute Gasteiger partial charge is 0.171 e. The first-order valence-corrected chi connectivity index (χ1v) is 9.46. The van der Waals surface area contributed by atoms with Gasteiger partial charge in [-0.25, -0.2) is 0 Å². The minimum atomic E-state index is -0.228. The lowest BCUT2D eigenvalue weighted by molar-refractivity contribution is 0.0836. The number of nitrogens with zero attached hydrogens (tertiary/aromatic N) is 1. The standard InChI is InChI=1S/C23H25NO4/c1-13-14(2)22-17(10-11-23(3,4)27-22)20(21(13)25)19-12-18(24-28-19)15-6-8-16(26-5)9-7-15/h6-9,12,25H,10-11H2,1-5H3. The van der Waals surface area contributed by atoms with Crippen LogP contribution < -0.4 is 9.47 Å². The Kier molecular flexibility index (Phi) is 4.33. The van der Waals surface area contributed by atoms with E-state index in [-0.39, 0.29) is 11.4 Å². The Balaban J connectivity index is 1.82. The lowest BCUT2D eigenvalue weighted by Gasteiger charge is -2.35. The van der Waals surface area contributed by atoms with Gasteiger partial charge in [-0.1, -0.05) is 5.16 Å². The summed E-state index contributed by atoms with van der Waals surface area (Å²) < 4.78 is 17.1. The summed E-state index contributed by atoms with van der Waals surface area (Å²) in [5, 5.41) is 15.1. The van der Waals surface area contributed by atoms with Gasteiger partial charge in [0.15, 0.2) is 5.76 Å². The molecule has 0 aliphatic carbocycles. The van der Waals surface area contributed by atoms with Gasteiger partial charge in [0.1, 0.15) is 28.5 Å². The zero-order chi connectivity index (χ0) is 20.1. The van der Waals surface area contributed by atoms with Crippen LogP contribution in [0.15, 0.2) is 34.9 Å². The molecule has 0 saturated carbocycles. The van der Waals surface area contributed by atoms with Crippen LogP contribution in [0, 0.1) is 13.8 Å². The molecular weight excluding hydrogens is 354 g/mol. The maximum atomic E-state index is 10.9. The first-order valence-electron chi connectivity index (χ1n) is 9.46.